The number of hydrogen-bond acceptors (Lipinski definition) is 3. The van der Waals surface area contributed by atoms with Crippen LogP contribution in [0.3, 0.4) is 0 Å². The molecular formula is C21H34N2O. The molecule has 6 atom stereocenters. The number of nitrogens with one attached hydrogen (secondary N) is 2. The van der Waals surface area contributed by atoms with Crippen LogP contribution in [0.15, 0.2) is 23.3 Å². The minimum absolute atomic E-state index is 0.0444. The van der Waals surface area contributed by atoms with E-state index in [0.717, 1.165) is 31.6 Å². The fourth-order valence-electron chi connectivity index (χ4n) is 6.76. The zero-order valence-corrected chi connectivity index (χ0v) is 15.8. The van der Waals surface area contributed by atoms with Crippen molar-refractivity contribution in [1.29, 1.82) is 0 Å². The molecule has 1 saturated carbocycles. The molecule has 0 bridgehead atoms. The fourth-order valence-corrected chi connectivity index (χ4v) is 6.76. The predicted octanol–water partition coefficient (Wildman–Crippen LogP) is 3.37. The lowest BCUT2D eigenvalue weighted by atomic mass is 9.51. The van der Waals surface area contributed by atoms with E-state index in [-0.39, 0.29) is 10.8 Å². The molecule has 0 saturated heterocycles. The van der Waals surface area contributed by atoms with E-state index < -0.39 is 5.72 Å². The van der Waals surface area contributed by atoms with Crippen molar-refractivity contribution in [1.82, 2.24) is 10.6 Å². The van der Waals surface area contributed by atoms with Gasteiger partial charge in [0.25, 0.3) is 0 Å². The Morgan fingerprint density at radius 1 is 1.17 bits per heavy atom. The molecule has 0 aliphatic heterocycles. The zero-order chi connectivity index (χ0) is 17.2. The molecule has 3 N–H and O–H groups in total. The zero-order valence-electron chi connectivity index (χ0n) is 15.8. The van der Waals surface area contributed by atoms with Gasteiger partial charge in [-0.25, -0.2) is 0 Å². The Hall–Kier alpha value is -0.640. The summed E-state index contributed by atoms with van der Waals surface area (Å²) >= 11 is 0. The van der Waals surface area contributed by atoms with E-state index in [1.54, 1.807) is 11.1 Å². The molecule has 3 nitrogen and oxygen atoms in total. The summed E-state index contributed by atoms with van der Waals surface area (Å²) in [5.41, 5.74) is 2.86. The number of fused-ring (bicyclic) bond motifs is 4. The van der Waals surface area contributed by atoms with Crippen LogP contribution in [0.25, 0.3) is 0 Å². The number of hydrogen-bond donors (Lipinski definition) is 3. The van der Waals surface area contributed by atoms with Gasteiger partial charge < -0.3 is 10.4 Å². The van der Waals surface area contributed by atoms with E-state index in [9.17, 15) is 5.11 Å². The van der Waals surface area contributed by atoms with Gasteiger partial charge in [0.15, 0.2) is 0 Å². The molecule has 4 aliphatic carbocycles. The summed E-state index contributed by atoms with van der Waals surface area (Å²) in [5, 5.41) is 18.1. The maximum Gasteiger partial charge on any atom is 0.121 e. The number of allylic oxidation sites excluding steroid dienone is 3. The van der Waals surface area contributed by atoms with E-state index in [0.29, 0.717) is 12.0 Å². The molecule has 0 heterocycles. The average molecular weight is 331 g/mol. The second kappa shape index (κ2) is 5.43. The Morgan fingerprint density at radius 2 is 1.96 bits per heavy atom. The van der Waals surface area contributed by atoms with Crippen LogP contribution in [0.4, 0.5) is 0 Å². The molecule has 1 fully saturated rings. The second-order valence-corrected chi connectivity index (χ2v) is 9.09. The van der Waals surface area contributed by atoms with E-state index >= 15 is 0 Å². The summed E-state index contributed by atoms with van der Waals surface area (Å²) in [4.78, 5) is 0. The highest BCUT2D eigenvalue weighted by Gasteiger charge is 2.61. The van der Waals surface area contributed by atoms with Gasteiger partial charge in [-0.1, -0.05) is 31.6 Å². The lowest BCUT2D eigenvalue weighted by Crippen LogP contribution is -2.58. The SMILES string of the molecule is CNC1CC2CCC=C[C@]2(C)C2=C1[C@@H]1CCC(O)(NC)[C@@]1(C)CC2. The first kappa shape index (κ1) is 16.8. The van der Waals surface area contributed by atoms with Crippen molar-refractivity contribution in [2.24, 2.45) is 22.7 Å². The summed E-state index contributed by atoms with van der Waals surface area (Å²) in [6.07, 6.45) is 13.0. The topological polar surface area (TPSA) is 44.3 Å². The second-order valence-electron chi connectivity index (χ2n) is 9.09. The summed E-state index contributed by atoms with van der Waals surface area (Å²) < 4.78 is 0. The van der Waals surface area contributed by atoms with Gasteiger partial charge in [0, 0.05) is 16.9 Å². The Kier molecular flexibility index (Phi) is 3.80. The Balaban J connectivity index is 1.84. The van der Waals surface area contributed by atoms with Crippen molar-refractivity contribution in [3.63, 3.8) is 0 Å². The Labute approximate surface area is 147 Å². The highest BCUT2D eigenvalue weighted by atomic mass is 16.3. The summed E-state index contributed by atoms with van der Waals surface area (Å²) in [5.74, 6) is 1.27. The van der Waals surface area contributed by atoms with E-state index in [2.05, 4.69) is 43.7 Å². The normalized spacial score (nSPS) is 50.5. The third-order valence-corrected chi connectivity index (χ3v) is 8.43. The van der Waals surface area contributed by atoms with Crippen LogP contribution < -0.4 is 10.6 Å². The molecule has 24 heavy (non-hydrogen) atoms. The molecule has 0 radical (unpaired) electrons. The third-order valence-electron chi connectivity index (χ3n) is 8.43. The molecule has 0 spiro atoms. The van der Waals surface area contributed by atoms with Crippen LogP contribution >= 0.6 is 0 Å². The third kappa shape index (κ3) is 1.95. The van der Waals surface area contributed by atoms with Gasteiger partial charge >= 0.3 is 0 Å². The van der Waals surface area contributed by atoms with Crippen molar-refractivity contribution in [3.8, 4) is 0 Å². The molecule has 0 aromatic carbocycles. The lowest BCUT2D eigenvalue weighted by molar-refractivity contribution is -0.0952. The first-order chi connectivity index (χ1) is 11.4. The van der Waals surface area contributed by atoms with Crippen molar-refractivity contribution in [3.05, 3.63) is 23.3 Å². The minimum Gasteiger partial charge on any atom is -0.375 e. The number of likely N-dealkylation sites (N-methyl/N-ethyl adjacent to an activating group) is 1. The molecule has 4 aliphatic rings. The van der Waals surface area contributed by atoms with Crippen molar-refractivity contribution < 1.29 is 5.11 Å². The number of aliphatic hydroxyl groups is 1. The Bertz CT molecular complexity index is 597. The van der Waals surface area contributed by atoms with Crippen molar-refractivity contribution >= 4 is 0 Å². The van der Waals surface area contributed by atoms with Gasteiger partial charge in [0.05, 0.1) is 0 Å². The van der Waals surface area contributed by atoms with Crippen LogP contribution in [-0.4, -0.2) is 31.0 Å². The summed E-state index contributed by atoms with van der Waals surface area (Å²) in [6.45, 7) is 4.80. The standard InChI is InChI=1S/C21H34N2O/c1-19-10-6-5-7-14(19)13-17(22-3)18-15(19)8-11-20(2)16(18)9-12-21(20,24)23-4/h6,10,14,16-17,22-24H,5,7-9,11-13H2,1-4H3/t14?,16-,17?,19-,20-,21?/m0/s1. The average Bonchev–Trinajstić information content (AvgIpc) is 2.86. The molecule has 134 valence electrons. The van der Waals surface area contributed by atoms with E-state index in [1.165, 1.54) is 19.3 Å². The monoisotopic (exact) mass is 330 g/mol. The van der Waals surface area contributed by atoms with Crippen LogP contribution in [0.5, 0.6) is 0 Å². The van der Waals surface area contributed by atoms with Crippen LogP contribution in [0.1, 0.15) is 58.8 Å². The van der Waals surface area contributed by atoms with Crippen molar-refractivity contribution in [2.75, 3.05) is 14.1 Å². The van der Waals surface area contributed by atoms with Crippen LogP contribution in [0.2, 0.25) is 0 Å². The van der Waals surface area contributed by atoms with Gasteiger partial charge in [0.1, 0.15) is 5.72 Å². The molecule has 4 rings (SSSR count). The van der Waals surface area contributed by atoms with Crippen molar-refractivity contribution in [2.45, 2.75) is 70.6 Å². The summed E-state index contributed by atoms with van der Waals surface area (Å²) in [6, 6.07) is 0.494. The quantitative estimate of drug-likeness (QED) is 0.537. The minimum atomic E-state index is -0.714. The predicted molar refractivity (Wildman–Crippen MR) is 98.5 cm³/mol. The largest absolute Gasteiger partial charge is 0.375 e. The van der Waals surface area contributed by atoms with Gasteiger partial charge in [0.2, 0.25) is 0 Å². The maximum atomic E-state index is 11.2. The highest BCUT2D eigenvalue weighted by molar-refractivity contribution is 5.41. The van der Waals surface area contributed by atoms with Gasteiger partial charge in [-0.2, -0.15) is 0 Å². The highest BCUT2D eigenvalue weighted by Crippen LogP contribution is 2.64. The van der Waals surface area contributed by atoms with E-state index in [1.807, 2.05) is 7.05 Å². The lowest BCUT2D eigenvalue weighted by Gasteiger charge is -2.55. The molecule has 0 amide bonds. The van der Waals surface area contributed by atoms with E-state index in [4.69, 9.17) is 0 Å². The Morgan fingerprint density at radius 3 is 2.67 bits per heavy atom. The molecular weight excluding hydrogens is 296 g/mol. The van der Waals surface area contributed by atoms with Crippen LogP contribution in [-0.2, 0) is 0 Å². The smallest absolute Gasteiger partial charge is 0.121 e. The maximum absolute atomic E-state index is 11.2. The molecule has 3 unspecified atom stereocenters. The van der Waals surface area contributed by atoms with Gasteiger partial charge in [-0.3, -0.25) is 5.32 Å². The molecule has 0 aromatic rings. The summed E-state index contributed by atoms with van der Waals surface area (Å²) in [7, 11) is 4.05. The molecule has 3 heteroatoms. The first-order valence-corrected chi connectivity index (χ1v) is 9.89. The van der Waals surface area contributed by atoms with Gasteiger partial charge in [-0.15, -0.1) is 0 Å². The van der Waals surface area contributed by atoms with Gasteiger partial charge in [-0.05, 0) is 76.5 Å². The number of rotatable bonds is 2. The first-order valence-electron chi connectivity index (χ1n) is 9.89. The van der Waals surface area contributed by atoms with Crippen LogP contribution in [0, 0.1) is 22.7 Å². The fraction of sp³-hybridized carbons (Fsp3) is 0.810. The molecule has 0 aromatic heterocycles.